The second-order valence-electron chi connectivity index (χ2n) is 7.51. The summed E-state index contributed by atoms with van der Waals surface area (Å²) < 4.78 is 16.7. The maximum absolute atomic E-state index is 5.93. The number of ether oxygens (including phenoxy) is 3. The zero-order valence-corrected chi connectivity index (χ0v) is 18.7. The lowest BCUT2D eigenvalue weighted by Gasteiger charge is -2.25. The minimum absolute atomic E-state index is 0.260. The Balaban J connectivity index is 1.58. The van der Waals surface area contributed by atoms with Crippen molar-refractivity contribution in [1.29, 1.82) is 0 Å². The molecule has 31 heavy (non-hydrogen) atoms. The van der Waals surface area contributed by atoms with E-state index >= 15 is 0 Å². The fraction of sp³-hybridized carbons (Fsp3) is 0.320. The van der Waals surface area contributed by atoms with Crippen LogP contribution < -0.4 is 19.5 Å². The fourth-order valence-corrected chi connectivity index (χ4v) is 3.36. The average molecular weight is 422 g/mol. The van der Waals surface area contributed by atoms with Crippen molar-refractivity contribution >= 4 is 0 Å². The summed E-state index contributed by atoms with van der Waals surface area (Å²) in [5.41, 5.74) is 3.45. The first-order valence-electron chi connectivity index (χ1n) is 10.3. The van der Waals surface area contributed by atoms with E-state index in [-0.39, 0.29) is 6.04 Å². The van der Waals surface area contributed by atoms with Crippen LogP contribution in [-0.4, -0.2) is 44.7 Å². The third-order valence-corrected chi connectivity index (χ3v) is 5.16. The summed E-state index contributed by atoms with van der Waals surface area (Å²) in [6.07, 6.45) is 3.52. The molecule has 0 bridgehead atoms. The summed E-state index contributed by atoms with van der Waals surface area (Å²) >= 11 is 0. The zero-order valence-electron chi connectivity index (χ0n) is 18.7. The van der Waals surface area contributed by atoms with Crippen molar-refractivity contribution in [1.82, 2.24) is 15.2 Å². The van der Waals surface area contributed by atoms with E-state index in [0.29, 0.717) is 6.61 Å². The molecule has 6 nitrogen and oxygen atoms in total. The third-order valence-electron chi connectivity index (χ3n) is 5.16. The summed E-state index contributed by atoms with van der Waals surface area (Å²) in [4.78, 5) is 6.24. The van der Waals surface area contributed by atoms with E-state index in [9.17, 15) is 0 Å². The van der Waals surface area contributed by atoms with Crippen molar-refractivity contribution in [3.8, 4) is 17.2 Å². The summed E-state index contributed by atoms with van der Waals surface area (Å²) in [7, 11) is 7.53. The molecule has 0 spiro atoms. The van der Waals surface area contributed by atoms with Crippen LogP contribution in [0.15, 0.2) is 67.0 Å². The highest BCUT2D eigenvalue weighted by molar-refractivity contribution is 5.43. The normalized spacial score (nSPS) is 11.9. The van der Waals surface area contributed by atoms with Crippen molar-refractivity contribution in [3.63, 3.8) is 0 Å². The maximum atomic E-state index is 5.93. The molecular weight excluding hydrogens is 390 g/mol. The van der Waals surface area contributed by atoms with Gasteiger partial charge in [0.1, 0.15) is 12.4 Å². The minimum Gasteiger partial charge on any atom is -0.497 e. The number of likely N-dealkylation sites (N-methyl/N-ethyl adjacent to an activating group) is 1. The van der Waals surface area contributed by atoms with Gasteiger partial charge in [-0.2, -0.15) is 0 Å². The van der Waals surface area contributed by atoms with Gasteiger partial charge in [0.2, 0.25) is 0 Å². The third kappa shape index (κ3) is 6.44. The molecule has 1 heterocycles. The first-order valence-corrected chi connectivity index (χ1v) is 10.3. The molecule has 164 valence electrons. The summed E-state index contributed by atoms with van der Waals surface area (Å²) in [6.45, 7) is 2.03. The standard InChI is InChI=1S/C25H31N3O3/c1-28(2)23(21-6-8-22(29-3)9-7-21)17-27-16-20-5-10-24(25(15-20)30-4)31-18-19-11-13-26-14-12-19/h5-15,23,27H,16-18H2,1-4H3/t23-/m1/s1. The van der Waals surface area contributed by atoms with Crippen molar-refractivity contribution in [2.45, 2.75) is 19.2 Å². The molecule has 3 aromatic rings. The molecule has 0 fully saturated rings. The van der Waals surface area contributed by atoms with Gasteiger partial charge in [-0.1, -0.05) is 18.2 Å². The molecule has 3 rings (SSSR count). The van der Waals surface area contributed by atoms with Crippen molar-refractivity contribution in [2.24, 2.45) is 0 Å². The first kappa shape index (κ1) is 22.6. The Morgan fingerprint density at radius 1 is 0.871 bits per heavy atom. The van der Waals surface area contributed by atoms with Crippen LogP contribution in [0, 0.1) is 0 Å². The van der Waals surface area contributed by atoms with E-state index in [0.717, 1.165) is 41.5 Å². The maximum Gasteiger partial charge on any atom is 0.161 e. The van der Waals surface area contributed by atoms with Crippen LogP contribution in [0.5, 0.6) is 17.2 Å². The smallest absolute Gasteiger partial charge is 0.161 e. The fourth-order valence-electron chi connectivity index (χ4n) is 3.36. The van der Waals surface area contributed by atoms with Gasteiger partial charge >= 0.3 is 0 Å². The van der Waals surface area contributed by atoms with Crippen LogP contribution in [0.1, 0.15) is 22.7 Å². The van der Waals surface area contributed by atoms with Gasteiger partial charge in [-0.25, -0.2) is 0 Å². The highest BCUT2D eigenvalue weighted by atomic mass is 16.5. The summed E-state index contributed by atoms with van der Waals surface area (Å²) in [5, 5.41) is 3.56. The second kappa shape index (κ2) is 11.3. The molecule has 0 radical (unpaired) electrons. The predicted octanol–water partition coefficient (Wildman–Crippen LogP) is 4.07. The Bertz CT molecular complexity index is 931. The van der Waals surface area contributed by atoms with E-state index in [1.807, 2.05) is 36.4 Å². The second-order valence-corrected chi connectivity index (χ2v) is 7.51. The molecule has 6 heteroatoms. The molecule has 0 aliphatic heterocycles. The van der Waals surface area contributed by atoms with E-state index in [4.69, 9.17) is 14.2 Å². The molecular formula is C25H31N3O3. The monoisotopic (exact) mass is 421 g/mol. The number of methoxy groups -OCH3 is 2. The van der Waals surface area contributed by atoms with Crippen molar-refractivity contribution in [3.05, 3.63) is 83.7 Å². The van der Waals surface area contributed by atoms with Gasteiger partial charge in [0, 0.05) is 31.5 Å². The summed E-state index contributed by atoms with van der Waals surface area (Å²) in [6, 6.07) is 18.4. The lowest BCUT2D eigenvalue weighted by Crippen LogP contribution is -2.30. The van der Waals surface area contributed by atoms with E-state index in [1.54, 1.807) is 26.6 Å². The number of hydrogen-bond donors (Lipinski definition) is 1. The van der Waals surface area contributed by atoms with Crippen molar-refractivity contribution < 1.29 is 14.2 Å². The summed E-state index contributed by atoms with van der Waals surface area (Å²) in [5.74, 6) is 2.33. The van der Waals surface area contributed by atoms with Crippen LogP contribution in [0.25, 0.3) is 0 Å². The van der Waals surface area contributed by atoms with Gasteiger partial charge in [0.25, 0.3) is 0 Å². The molecule has 0 unspecified atom stereocenters. The molecule has 1 N–H and O–H groups in total. The lowest BCUT2D eigenvalue weighted by atomic mass is 10.1. The van der Waals surface area contributed by atoms with Gasteiger partial charge in [-0.15, -0.1) is 0 Å². The van der Waals surface area contributed by atoms with Crippen LogP contribution in [0.3, 0.4) is 0 Å². The highest BCUT2D eigenvalue weighted by Crippen LogP contribution is 2.29. The Hall–Kier alpha value is -3.09. The lowest BCUT2D eigenvalue weighted by molar-refractivity contribution is 0.283. The van der Waals surface area contributed by atoms with E-state index < -0.39 is 0 Å². The average Bonchev–Trinajstić information content (AvgIpc) is 2.81. The van der Waals surface area contributed by atoms with Gasteiger partial charge < -0.3 is 24.4 Å². The first-order chi connectivity index (χ1) is 15.1. The van der Waals surface area contributed by atoms with Crippen LogP contribution in [0.2, 0.25) is 0 Å². The molecule has 1 aromatic heterocycles. The SMILES string of the molecule is COc1ccc([C@@H](CNCc2ccc(OCc3ccncc3)c(OC)c2)N(C)C)cc1. The van der Waals surface area contributed by atoms with Crippen LogP contribution in [-0.2, 0) is 13.2 Å². The van der Waals surface area contributed by atoms with Crippen LogP contribution in [0.4, 0.5) is 0 Å². The molecule has 1 atom stereocenters. The van der Waals surface area contributed by atoms with E-state index in [2.05, 4.69) is 47.5 Å². The number of benzene rings is 2. The van der Waals surface area contributed by atoms with E-state index in [1.165, 1.54) is 5.56 Å². The Morgan fingerprint density at radius 3 is 2.26 bits per heavy atom. The number of pyridine rings is 1. The zero-order chi connectivity index (χ0) is 22.1. The Kier molecular flexibility index (Phi) is 8.27. The predicted molar refractivity (Wildman–Crippen MR) is 123 cm³/mol. The van der Waals surface area contributed by atoms with Gasteiger partial charge in [0.05, 0.1) is 14.2 Å². The van der Waals surface area contributed by atoms with Crippen molar-refractivity contribution in [2.75, 3.05) is 34.9 Å². The van der Waals surface area contributed by atoms with Gasteiger partial charge in [-0.3, -0.25) is 4.98 Å². The quantitative estimate of drug-likeness (QED) is 0.504. The largest absolute Gasteiger partial charge is 0.497 e. The number of nitrogens with zero attached hydrogens (tertiary/aromatic N) is 2. The molecule has 2 aromatic carbocycles. The number of nitrogens with one attached hydrogen (secondary N) is 1. The molecule has 0 aliphatic rings. The highest BCUT2D eigenvalue weighted by Gasteiger charge is 2.14. The number of hydrogen-bond acceptors (Lipinski definition) is 6. The minimum atomic E-state index is 0.260. The molecule has 0 amide bonds. The number of rotatable bonds is 11. The van der Waals surface area contributed by atoms with Crippen LogP contribution >= 0.6 is 0 Å². The Labute approximate surface area is 184 Å². The van der Waals surface area contributed by atoms with Gasteiger partial charge in [-0.05, 0) is 67.2 Å². The Morgan fingerprint density at radius 2 is 1.61 bits per heavy atom. The molecule has 0 saturated carbocycles. The molecule has 0 saturated heterocycles. The van der Waals surface area contributed by atoms with Gasteiger partial charge in [0.15, 0.2) is 11.5 Å². The molecule has 0 aliphatic carbocycles. The number of aromatic nitrogens is 1. The topological polar surface area (TPSA) is 55.9 Å².